The third kappa shape index (κ3) is 20.6. The second-order valence-corrected chi connectivity index (χ2v) is 30.3. The minimum Gasteiger partial charge on any atom is -0.512 e. The molecule has 0 aliphatic heterocycles. The van der Waals surface area contributed by atoms with E-state index in [0.717, 1.165) is 166 Å². The summed E-state index contributed by atoms with van der Waals surface area (Å²) in [6, 6.07) is 73.6. The van der Waals surface area contributed by atoms with E-state index in [0.29, 0.717) is 0 Å². The Morgan fingerprint density at radius 1 is 0.345 bits per heavy atom. The normalized spacial score (nSPS) is 11.5. The number of rotatable bonds is 9. The summed E-state index contributed by atoms with van der Waals surface area (Å²) in [4.78, 5) is 44.2. The quantitative estimate of drug-likeness (QED) is 0.0693. The van der Waals surface area contributed by atoms with Gasteiger partial charge in [0.05, 0.1) is 34.0 Å². The van der Waals surface area contributed by atoms with Gasteiger partial charge in [-0.1, -0.05) is 155 Å². The molecule has 609 valence electrons. The van der Waals surface area contributed by atoms with Crippen molar-refractivity contribution < 1.29 is 117 Å². The summed E-state index contributed by atoms with van der Waals surface area (Å²) in [5.41, 5.74) is 25.7. The Kier molecular flexibility index (Phi) is 28.7. The van der Waals surface area contributed by atoms with Crippen LogP contribution in [0.3, 0.4) is 0 Å². The van der Waals surface area contributed by atoms with E-state index in [1.54, 1.807) is 0 Å². The van der Waals surface area contributed by atoms with Crippen molar-refractivity contribution in [2.45, 2.75) is 116 Å². The summed E-state index contributed by atoms with van der Waals surface area (Å²) >= 11 is 0. The first-order chi connectivity index (χ1) is 55.4. The van der Waals surface area contributed by atoms with Gasteiger partial charge in [0.15, 0.2) is 17.3 Å². The largest absolute Gasteiger partial charge is 0.512 e. The van der Waals surface area contributed by atoms with E-state index in [4.69, 9.17) is 51.8 Å². The monoisotopic (exact) mass is 2110 g/mol. The Morgan fingerprint density at radius 2 is 0.639 bits per heavy atom. The molecule has 0 saturated heterocycles. The Bertz CT molecular complexity index is 6780. The molecule has 9 aromatic carbocycles. The molecule has 0 bridgehead atoms. The minimum atomic E-state index is -0.125. The molecule has 3 N–H and O–H groups in total. The van der Waals surface area contributed by atoms with E-state index in [1.807, 2.05) is 134 Å². The molecule has 9 aromatic heterocycles. The van der Waals surface area contributed by atoms with Crippen LogP contribution >= 0.6 is 0 Å². The predicted octanol–water partition coefficient (Wildman–Crippen LogP) is 27.1. The summed E-state index contributed by atoms with van der Waals surface area (Å²) in [6.07, 6.45) is 9.10. The van der Waals surface area contributed by atoms with Gasteiger partial charge in [-0.2, -0.15) is 0 Å². The number of carbonyl (C=O) groups excluding carboxylic acids is 3. The maximum Gasteiger partial charge on any atom is 0.155 e. The van der Waals surface area contributed by atoms with Crippen molar-refractivity contribution in [1.29, 1.82) is 0 Å². The number of hydrogen-bond donors (Lipinski definition) is 3. The molecule has 119 heavy (non-hydrogen) atoms. The van der Waals surface area contributed by atoms with Crippen molar-refractivity contribution in [3.8, 4) is 67.7 Å². The van der Waals surface area contributed by atoms with Crippen molar-refractivity contribution >= 4 is 116 Å². The van der Waals surface area contributed by atoms with Crippen molar-refractivity contribution in [2.75, 3.05) is 0 Å². The third-order valence-corrected chi connectivity index (χ3v) is 19.3. The SMILES string of the molecule is CC(=O)C=C(C)O.CC(=O)C=C(C)O.CC(=O)C=C(C)O.Cc1cc(C(C)(C)C)cc(C)c1-c1cc2cnc(-c3[c-]ccc4c3oc3ccccc34)cc2o1.Cc1cc(C)c(-c2cc3cnc(-c4[c-]ccc5c4oc4ccccc45)cc3o2)c(C)c1.Cc1cc(C)cc(-c2cc3cnc(-c4[c-]ccc5c4oc4ccccc45)cc3o2)c1.[Ir].[Ir].[Ir]. The van der Waals surface area contributed by atoms with Gasteiger partial charge in [-0.25, -0.2) is 0 Å². The summed E-state index contributed by atoms with van der Waals surface area (Å²) in [5.74, 6) is 2.40. The molecule has 0 fully saturated rings. The molecule has 15 nitrogen and oxygen atoms in total. The van der Waals surface area contributed by atoms with Crippen molar-refractivity contribution in [2.24, 2.45) is 0 Å². The zero-order chi connectivity index (χ0) is 82.6. The van der Waals surface area contributed by atoms with Crippen LogP contribution in [0.2, 0.25) is 0 Å². The van der Waals surface area contributed by atoms with Gasteiger partial charge in [0.2, 0.25) is 0 Å². The number of hydrogen-bond acceptors (Lipinski definition) is 15. The van der Waals surface area contributed by atoms with Crippen molar-refractivity contribution in [3.63, 3.8) is 0 Å². The zero-order valence-electron chi connectivity index (χ0n) is 68.7. The molecule has 0 atom stereocenters. The van der Waals surface area contributed by atoms with E-state index < -0.39 is 0 Å². The Labute approximate surface area is 730 Å². The summed E-state index contributed by atoms with van der Waals surface area (Å²) in [5, 5.41) is 34.5. The second-order valence-electron chi connectivity index (χ2n) is 30.3. The number of furan rings is 6. The number of aliphatic hydroxyl groups excluding tert-OH is 3. The van der Waals surface area contributed by atoms with Crippen LogP contribution in [0.1, 0.15) is 107 Å². The maximum absolute atomic E-state index is 10.0. The average molecular weight is 2110 g/mol. The second kappa shape index (κ2) is 38.2. The molecular weight excluding hydrogens is 2020 g/mol. The van der Waals surface area contributed by atoms with Crippen LogP contribution in [-0.4, -0.2) is 47.6 Å². The number of nitrogens with zero attached hydrogens (tertiary/aromatic N) is 3. The Balaban J connectivity index is 0.000000165. The van der Waals surface area contributed by atoms with E-state index >= 15 is 0 Å². The third-order valence-electron chi connectivity index (χ3n) is 19.3. The smallest absolute Gasteiger partial charge is 0.155 e. The summed E-state index contributed by atoms with van der Waals surface area (Å²) < 4.78 is 37.4. The number of para-hydroxylation sites is 3. The van der Waals surface area contributed by atoms with E-state index in [2.05, 4.69) is 165 Å². The summed E-state index contributed by atoms with van der Waals surface area (Å²) in [6.45, 7) is 30.2. The number of pyridine rings is 3. The molecular formula is C101H88Ir3N3O12-3. The van der Waals surface area contributed by atoms with Gasteiger partial charge in [0.1, 0.15) is 50.8 Å². The Morgan fingerprint density at radius 3 is 0.941 bits per heavy atom. The molecule has 18 heteroatoms. The van der Waals surface area contributed by atoms with E-state index in [9.17, 15) is 14.4 Å². The van der Waals surface area contributed by atoms with Crippen LogP contribution < -0.4 is 0 Å². The molecule has 9 heterocycles. The fraction of sp³-hybridized carbons (Fsp3) is 0.168. The van der Waals surface area contributed by atoms with Gasteiger partial charge >= 0.3 is 0 Å². The minimum absolute atomic E-state index is 0. The zero-order valence-corrected chi connectivity index (χ0v) is 75.9. The van der Waals surface area contributed by atoms with Crippen LogP contribution in [-0.2, 0) is 80.1 Å². The molecule has 18 rings (SSSR count). The van der Waals surface area contributed by atoms with Gasteiger partial charge in [-0.05, 0) is 207 Å². The number of aryl methyl sites for hydroxylation is 7. The van der Waals surface area contributed by atoms with E-state index in [-0.39, 0.29) is 100 Å². The molecule has 3 radical (unpaired) electrons. The number of aliphatic hydroxyl groups is 3. The fourth-order valence-corrected chi connectivity index (χ4v) is 14.6. The first-order valence-corrected chi connectivity index (χ1v) is 38.0. The van der Waals surface area contributed by atoms with Gasteiger partial charge in [-0.3, -0.25) is 14.4 Å². The van der Waals surface area contributed by atoms with Crippen LogP contribution in [0.25, 0.3) is 166 Å². The molecule has 0 aliphatic carbocycles. The van der Waals surface area contributed by atoms with Crippen LogP contribution in [0.5, 0.6) is 0 Å². The van der Waals surface area contributed by atoms with Crippen LogP contribution in [0.15, 0.2) is 269 Å². The number of allylic oxidation sites excluding steroid dienone is 6. The first-order valence-electron chi connectivity index (χ1n) is 38.0. The molecule has 18 aromatic rings. The van der Waals surface area contributed by atoms with Gasteiger partial charge in [0, 0.05) is 146 Å². The van der Waals surface area contributed by atoms with Gasteiger partial charge < -0.3 is 56.8 Å². The number of fused-ring (bicyclic) bond motifs is 12. The number of aromatic nitrogens is 3. The maximum atomic E-state index is 10.0. The number of ketones is 3. The standard InChI is InChI=1S/C31H26NO2.C28H20NO2.C27H18NO2.3C5H8O2.3Ir/c1-18-13-21(31(3,4)5)14-19(2)29(18)28-15-20-17-32-25(16-27(20)33-28)24-11-8-10-23-22-9-6-7-12-26(22)34-30(23)24;1-16-11-17(2)27(18(3)12-16)26-13-19-15-29-23(14-25(19)30-26)22-9-6-8-21-20-7-4-5-10-24(20)31-28(21)22;1-16-10-17(2)12-18(11-16)25-13-19-15-28-23(14-26(19)29-25)22-8-5-7-21-20-6-3-4-9-24(20)30-27(21)22;3*1-4(6)3-5(2)7;;;/h6-10,12-17H,1-5H3;4-8,10-15H,1-3H3;3-7,9-15H,1-2H3;3*3,6H,1-2H3;;;/q3*-1;;;;;;. The predicted molar refractivity (Wildman–Crippen MR) is 466 cm³/mol. The van der Waals surface area contributed by atoms with E-state index in [1.165, 1.54) is 104 Å². The fourth-order valence-electron chi connectivity index (χ4n) is 14.6. The van der Waals surface area contributed by atoms with Crippen LogP contribution in [0.4, 0.5) is 0 Å². The molecule has 0 aliphatic rings. The molecule has 0 amide bonds. The summed E-state index contributed by atoms with van der Waals surface area (Å²) in [7, 11) is 0. The first kappa shape index (κ1) is 89.4. The number of carbonyl (C=O) groups is 3. The Hall–Kier alpha value is -12.0. The van der Waals surface area contributed by atoms with Crippen LogP contribution in [0, 0.1) is 66.7 Å². The van der Waals surface area contributed by atoms with Crippen molar-refractivity contribution in [1.82, 2.24) is 15.0 Å². The van der Waals surface area contributed by atoms with Crippen molar-refractivity contribution in [3.05, 3.63) is 305 Å². The molecule has 0 unspecified atom stereocenters. The topological polar surface area (TPSA) is 229 Å². The molecule has 0 saturated carbocycles. The van der Waals surface area contributed by atoms with Gasteiger partial charge in [0.25, 0.3) is 0 Å². The van der Waals surface area contributed by atoms with Gasteiger partial charge in [-0.15, -0.1) is 54.6 Å². The average Bonchev–Trinajstić information content (AvgIpc) is 1.63. The number of benzene rings is 9. The molecule has 0 spiro atoms.